The van der Waals surface area contributed by atoms with Crippen LogP contribution in [0.5, 0.6) is 5.88 Å². The van der Waals surface area contributed by atoms with E-state index in [1.807, 2.05) is 0 Å². The molecule has 29 heavy (non-hydrogen) atoms. The second kappa shape index (κ2) is 7.70. The number of aromatic nitrogens is 7. The van der Waals surface area contributed by atoms with Crippen molar-refractivity contribution in [2.24, 2.45) is 7.05 Å². The van der Waals surface area contributed by atoms with E-state index in [1.165, 1.54) is 33.9 Å². The summed E-state index contributed by atoms with van der Waals surface area (Å²) in [6, 6.07) is 9.34. The van der Waals surface area contributed by atoms with Crippen LogP contribution in [-0.4, -0.2) is 34.7 Å². The molecule has 0 unspecified atom stereocenters. The van der Waals surface area contributed by atoms with E-state index in [-0.39, 0.29) is 18.2 Å². The summed E-state index contributed by atoms with van der Waals surface area (Å²) in [7, 11) is 1.67. The fourth-order valence-corrected chi connectivity index (χ4v) is 2.65. The largest absolute Gasteiger partial charge is 0.470 e. The molecule has 0 fully saturated rings. The molecule has 4 aromatic rings. The molecule has 0 saturated carbocycles. The molecule has 0 aliphatic rings. The van der Waals surface area contributed by atoms with Crippen LogP contribution in [0.1, 0.15) is 17.8 Å². The molecule has 11 heteroatoms. The van der Waals surface area contributed by atoms with Crippen molar-refractivity contribution in [1.29, 1.82) is 0 Å². The van der Waals surface area contributed by atoms with Crippen LogP contribution in [0.25, 0.3) is 17.1 Å². The topological polar surface area (TPSA) is 83.5 Å². The third-order valence-electron chi connectivity index (χ3n) is 4.15. The van der Waals surface area contributed by atoms with Gasteiger partial charge in [-0.3, -0.25) is 4.57 Å². The lowest BCUT2D eigenvalue weighted by Crippen LogP contribution is -2.06. The van der Waals surface area contributed by atoms with Gasteiger partial charge in [0.05, 0.1) is 0 Å². The van der Waals surface area contributed by atoms with Crippen molar-refractivity contribution in [3.63, 3.8) is 0 Å². The van der Waals surface area contributed by atoms with Gasteiger partial charge in [-0.25, -0.2) is 22.8 Å². The SMILES string of the molecule is Cn1nnc(-c2ccccc2F)c1COc1ccc(-n2cnc(C(F)F)c2)nn1. The number of alkyl halides is 2. The minimum Gasteiger partial charge on any atom is -0.470 e. The predicted molar refractivity (Wildman–Crippen MR) is 94.8 cm³/mol. The minimum atomic E-state index is -2.66. The van der Waals surface area contributed by atoms with Gasteiger partial charge in [0.15, 0.2) is 5.82 Å². The fraction of sp³-hybridized carbons (Fsp3) is 0.167. The second-order valence-electron chi connectivity index (χ2n) is 6.01. The number of rotatable bonds is 6. The molecule has 3 heterocycles. The van der Waals surface area contributed by atoms with E-state index in [9.17, 15) is 13.2 Å². The second-order valence-corrected chi connectivity index (χ2v) is 6.01. The van der Waals surface area contributed by atoms with Gasteiger partial charge in [0, 0.05) is 24.9 Å². The summed E-state index contributed by atoms with van der Waals surface area (Å²) in [5, 5.41) is 15.8. The molecule has 0 aliphatic heterocycles. The number of ether oxygens (including phenoxy) is 1. The van der Waals surface area contributed by atoms with E-state index in [1.54, 1.807) is 31.3 Å². The predicted octanol–water partition coefficient (Wildman–Crippen LogP) is 3.11. The Kier molecular flexibility index (Phi) is 4.94. The summed E-state index contributed by atoms with van der Waals surface area (Å²) in [4.78, 5) is 3.61. The van der Waals surface area contributed by atoms with Gasteiger partial charge in [-0.1, -0.05) is 17.3 Å². The minimum absolute atomic E-state index is 0.0296. The molecule has 0 bridgehead atoms. The number of halogens is 3. The number of hydrogen-bond donors (Lipinski definition) is 0. The van der Waals surface area contributed by atoms with Gasteiger partial charge >= 0.3 is 0 Å². The van der Waals surface area contributed by atoms with Crippen molar-refractivity contribution < 1.29 is 17.9 Å². The Bertz CT molecular complexity index is 1120. The van der Waals surface area contributed by atoms with Gasteiger partial charge in [0.2, 0.25) is 5.88 Å². The average Bonchev–Trinajstić information content (AvgIpc) is 3.35. The lowest BCUT2D eigenvalue weighted by atomic mass is 10.1. The zero-order chi connectivity index (χ0) is 20.4. The van der Waals surface area contributed by atoms with Gasteiger partial charge in [0.25, 0.3) is 6.43 Å². The Hall–Kier alpha value is -3.76. The molecular weight excluding hydrogens is 387 g/mol. The first-order valence-corrected chi connectivity index (χ1v) is 8.45. The Morgan fingerprint density at radius 2 is 1.90 bits per heavy atom. The summed E-state index contributed by atoms with van der Waals surface area (Å²) in [6.45, 7) is 0.0296. The summed E-state index contributed by atoms with van der Waals surface area (Å²) >= 11 is 0. The summed E-state index contributed by atoms with van der Waals surface area (Å²) in [5.41, 5.74) is 0.886. The van der Waals surface area contributed by atoms with Gasteiger partial charge in [-0.15, -0.1) is 15.3 Å². The van der Waals surface area contributed by atoms with Crippen molar-refractivity contribution in [2.45, 2.75) is 13.0 Å². The molecule has 0 amide bonds. The van der Waals surface area contributed by atoms with Crippen LogP contribution in [0.4, 0.5) is 13.2 Å². The number of nitrogens with zero attached hydrogens (tertiary/aromatic N) is 7. The molecule has 148 valence electrons. The zero-order valence-corrected chi connectivity index (χ0v) is 15.1. The first kappa shape index (κ1) is 18.6. The van der Waals surface area contributed by atoms with Crippen molar-refractivity contribution in [2.75, 3.05) is 0 Å². The highest BCUT2D eigenvalue weighted by molar-refractivity contribution is 5.61. The number of aryl methyl sites for hydroxylation is 1. The van der Waals surface area contributed by atoms with E-state index in [2.05, 4.69) is 25.5 Å². The van der Waals surface area contributed by atoms with Crippen LogP contribution in [0.2, 0.25) is 0 Å². The Morgan fingerprint density at radius 1 is 1.07 bits per heavy atom. The normalized spacial score (nSPS) is 11.2. The maximum Gasteiger partial charge on any atom is 0.281 e. The van der Waals surface area contributed by atoms with Gasteiger partial charge < -0.3 is 4.74 Å². The van der Waals surface area contributed by atoms with Crippen LogP contribution in [0, 0.1) is 5.82 Å². The molecule has 0 spiro atoms. The van der Waals surface area contributed by atoms with E-state index in [4.69, 9.17) is 4.74 Å². The van der Waals surface area contributed by atoms with Crippen molar-refractivity contribution in [1.82, 2.24) is 34.7 Å². The maximum atomic E-state index is 14.1. The van der Waals surface area contributed by atoms with E-state index >= 15 is 0 Å². The van der Waals surface area contributed by atoms with Crippen molar-refractivity contribution in [3.8, 4) is 23.0 Å². The zero-order valence-electron chi connectivity index (χ0n) is 15.1. The first-order valence-electron chi connectivity index (χ1n) is 8.45. The average molecular weight is 401 g/mol. The molecular formula is C18H14F3N7O. The number of imidazole rings is 1. The lowest BCUT2D eigenvalue weighted by molar-refractivity contribution is 0.146. The van der Waals surface area contributed by atoms with Crippen LogP contribution in [0.15, 0.2) is 48.9 Å². The Balaban J connectivity index is 1.50. The molecule has 0 atom stereocenters. The smallest absolute Gasteiger partial charge is 0.281 e. The van der Waals surface area contributed by atoms with Gasteiger partial charge in [-0.05, 0) is 18.2 Å². The van der Waals surface area contributed by atoms with E-state index < -0.39 is 12.2 Å². The van der Waals surface area contributed by atoms with Gasteiger partial charge in [-0.2, -0.15) is 0 Å². The highest BCUT2D eigenvalue weighted by atomic mass is 19.3. The van der Waals surface area contributed by atoms with Crippen molar-refractivity contribution >= 4 is 0 Å². The van der Waals surface area contributed by atoms with E-state index in [0.717, 1.165) is 0 Å². The Labute approximate surface area is 162 Å². The third kappa shape index (κ3) is 3.79. The third-order valence-corrected chi connectivity index (χ3v) is 4.15. The molecule has 0 radical (unpaired) electrons. The monoisotopic (exact) mass is 401 g/mol. The summed E-state index contributed by atoms with van der Waals surface area (Å²) < 4.78 is 47.8. The van der Waals surface area contributed by atoms with Crippen LogP contribution < -0.4 is 4.74 Å². The van der Waals surface area contributed by atoms with Crippen LogP contribution >= 0.6 is 0 Å². The Morgan fingerprint density at radius 3 is 2.59 bits per heavy atom. The standard InChI is InChI=1S/C18H14F3N7O/c1-27-14(17(25-26-27)11-4-2-3-5-12(11)19)9-29-16-7-6-15(23-24-16)28-8-13(18(20)21)22-10-28/h2-8,10,18H,9H2,1H3. The highest BCUT2D eigenvalue weighted by Gasteiger charge is 2.17. The highest BCUT2D eigenvalue weighted by Crippen LogP contribution is 2.24. The van der Waals surface area contributed by atoms with Gasteiger partial charge in [0.1, 0.15) is 35.8 Å². The van der Waals surface area contributed by atoms with Crippen molar-refractivity contribution in [3.05, 3.63) is 66.1 Å². The molecule has 4 rings (SSSR count). The molecule has 0 N–H and O–H groups in total. The van der Waals surface area contributed by atoms with Crippen LogP contribution in [-0.2, 0) is 13.7 Å². The lowest BCUT2D eigenvalue weighted by Gasteiger charge is -2.08. The maximum absolute atomic E-state index is 14.1. The molecule has 8 nitrogen and oxygen atoms in total. The summed E-state index contributed by atoms with van der Waals surface area (Å²) in [5.74, 6) is 0.0940. The quantitative estimate of drug-likeness (QED) is 0.494. The first-order chi connectivity index (χ1) is 14.0. The summed E-state index contributed by atoms with van der Waals surface area (Å²) in [6.07, 6.45) is -0.256. The number of hydrogen-bond acceptors (Lipinski definition) is 6. The van der Waals surface area contributed by atoms with E-state index in [0.29, 0.717) is 22.8 Å². The molecule has 0 aliphatic carbocycles. The molecule has 3 aromatic heterocycles. The van der Waals surface area contributed by atoms with Crippen LogP contribution in [0.3, 0.4) is 0 Å². The number of benzene rings is 1. The fourth-order valence-electron chi connectivity index (χ4n) is 2.65. The molecule has 0 saturated heterocycles. The molecule has 1 aromatic carbocycles.